The van der Waals surface area contributed by atoms with E-state index in [1.807, 2.05) is 49.4 Å². The van der Waals surface area contributed by atoms with Crippen LogP contribution in [0.15, 0.2) is 58.8 Å². The first-order chi connectivity index (χ1) is 18.7. The van der Waals surface area contributed by atoms with E-state index in [0.717, 1.165) is 52.9 Å². The maximum Gasteiger partial charge on any atom is 0.272 e. The third-order valence-electron chi connectivity index (χ3n) is 6.86. The van der Waals surface area contributed by atoms with Crippen LogP contribution in [-0.2, 0) is 39.3 Å². The Balaban J connectivity index is 1.42. The van der Waals surface area contributed by atoms with E-state index in [0.29, 0.717) is 29.4 Å². The lowest BCUT2D eigenvalue weighted by Crippen LogP contribution is -2.50. The van der Waals surface area contributed by atoms with Crippen LogP contribution in [0.1, 0.15) is 36.5 Å². The van der Waals surface area contributed by atoms with Gasteiger partial charge in [0.2, 0.25) is 5.91 Å². The minimum Gasteiger partial charge on any atom is -0.380 e. The number of anilines is 1. The number of hydrogen-bond donors (Lipinski definition) is 3. The molecule has 206 valence electrons. The highest BCUT2D eigenvalue weighted by Crippen LogP contribution is 2.32. The van der Waals surface area contributed by atoms with Gasteiger partial charge in [-0.2, -0.15) is 5.10 Å². The van der Waals surface area contributed by atoms with Gasteiger partial charge >= 0.3 is 0 Å². The number of sulfonamides is 1. The van der Waals surface area contributed by atoms with Crippen LogP contribution < -0.4 is 15.4 Å². The normalized spacial score (nSPS) is 17.5. The van der Waals surface area contributed by atoms with Gasteiger partial charge in [-0.1, -0.05) is 48.0 Å². The Morgan fingerprint density at radius 2 is 2.00 bits per heavy atom. The van der Waals surface area contributed by atoms with E-state index in [-0.39, 0.29) is 15.9 Å². The van der Waals surface area contributed by atoms with Gasteiger partial charge in [0.15, 0.2) is 5.82 Å². The second-order valence-corrected chi connectivity index (χ2v) is 13.4. The number of nitrogens with one attached hydrogen (secondary N) is 3. The molecule has 5 rings (SSSR count). The van der Waals surface area contributed by atoms with E-state index in [9.17, 15) is 13.2 Å². The third kappa shape index (κ3) is 5.97. The highest BCUT2D eigenvalue weighted by molar-refractivity contribution is 7.94. The molecule has 0 aliphatic carbocycles. The molecule has 9 nitrogen and oxygen atoms in total. The van der Waals surface area contributed by atoms with Crippen molar-refractivity contribution in [3.05, 3.63) is 75.6 Å². The molecule has 39 heavy (non-hydrogen) atoms. The van der Waals surface area contributed by atoms with Gasteiger partial charge in [-0.3, -0.25) is 14.2 Å². The van der Waals surface area contributed by atoms with Crippen LogP contribution in [0.25, 0.3) is 10.9 Å². The maximum absolute atomic E-state index is 13.1. The predicted molar refractivity (Wildman–Crippen MR) is 154 cm³/mol. The van der Waals surface area contributed by atoms with Crippen LogP contribution >= 0.6 is 22.9 Å². The topological polar surface area (TPSA) is 114 Å². The van der Waals surface area contributed by atoms with Crippen molar-refractivity contribution in [1.29, 1.82) is 0 Å². The number of hydrogen-bond acceptors (Lipinski definition) is 7. The summed E-state index contributed by atoms with van der Waals surface area (Å²) in [5, 5.41) is 11.7. The van der Waals surface area contributed by atoms with Crippen LogP contribution in [0, 0.1) is 0 Å². The van der Waals surface area contributed by atoms with Gasteiger partial charge in [0.25, 0.3) is 10.0 Å². The predicted octanol–water partition coefficient (Wildman–Crippen LogP) is 4.51. The van der Waals surface area contributed by atoms with Gasteiger partial charge in [-0.05, 0) is 61.2 Å². The first-order valence-electron chi connectivity index (χ1n) is 12.6. The van der Waals surface area contributed by atoms with Crippen molar-refractivity contribution in [3.8, 4) is 0 Å². The van der Waals surface area contributed by atoms with E-state index in [2.05, 4.69) is 20.5 Å². The van der Waals surface area contributed by atoms with Crippen molar-refractivity contribution in [1.82, 2.24) is 20.4 Å². The molecule has 0 radical (unpaired) electrons. The average molecular weight is 588 g/mol. The molecule has 1 fully saturated rings. The van der Waals surface area contributed by atoms with Crippen LogP contribution in [0.5, 0.6) is 0 Å². The lowest BCUT2D eigenvalue weighted by atomic mass is 9.99. The summed E-state index contributed by atoms with van der Waals surface area (Å²) in [7, 11) is -2.30. The fraction of sp³-hybridized carbons (Fsp3) is 0.333. The monoisotopic (exact) mass is 587 g/mol. The Kier molecular flexibility index (Phi) is 7.97. The van der Waals surface area contributed by atoms with Crippen molar-refractivity contribution in [2.45, 2.75) is 49.2 Å². The van der Waals surface area contributed by atoms with E-state index >= 15 is 0 Å². The molecule has 1 aliphatic rings. The first kappa shape index (κ1) is 27.6. The second-order valence-electron chi connectivity index (χ2n) is 9.78. The van der Waals surface area contributed by atoms with Crippen molar-refractivity contribution in [2.24, 2.45) is 0 Å². The summed E-state index contributed by atoms with van der Waals surface area (Å²) in [5.41, 5.74) is 2.99. The number of halogens is 1. The Morgan fingerprint density at radius 1 is 1.21 bits per heavy atom. The molecule has 12 heteroatoms. The van der Waals surface area contributed by atoms with Crippen LogP contribution in [0.4, 0.5) is 5.82 Å². The summed E-state index contributed by atoms with van der Waals surface area (Å²) in [6.45, 7) is 3.90. The number of ether oxygens (including phenoxy) is 1. The molecular weight excluding hydrogens is 558 g/mol. The van der Waals surface area contributed by atoms with Crippen molar-refractivity contribution >= 4 is 55.6 Å². The van der Waals surface area contributed by atoms with E-state index in [1.54, 1.807) is 17.9 Å². The van der Waals surface area contributed by atoms with Crippen LogP contribution in [-0.4, -0.2) is 43.3 Å². The minimum atomic E-state index is -3.89. The van der Waals surface area contributed by atoms with E-state index in [4.69, 9.17) is 16.3 Å². The number of rotatable bonds is 10. The zero-order valence-corrected chi connectivity index (χ0v) is 24.0. The number of nitrogens with zero attached hydrogens (tertiary/aromatic N) is 2. The third-order valence-corrected chi connectivity index (χ3v) is 9.92. The van der Waals surface area contributed by atoms with Crippen LogP contribution in [0.3, 0.4) is 0 Å². The molecule has 0 spiro atoms. The summed E-state index contributed by atoms with van der Waals surface area (Å²) in [5.74, 6) is 0.223. The van der Waals surface area contributed by atoms with Gasteiger partial charge in [-0.15, -0.1) is 11.3 Å². The van der Waals surface area contributed by atoms with Crippen molar-refractivity contribution in [2.75, 3.05) is 18.4 Å². The summed E-state index contributed by atoms with van der Waals surface area (Å²) < 4.78 is 36.5. The quantitative estimate of drug-likeness (QED) is 0.252. The maximum atomic E-state index is 13.1. The summed E-state index contributed by atoms with van der Waals surface area (Å²) in [4.78, 5) is 12.7. The number of benzene rings is 2. The SMILES string of the molecule is COCc1cccc2c1c(NS(=O)(=O)c1ccc(Cl)s1)nn2Cc1cccc(CNC(=O)C2(C)CCCN2)c1. The standard InChI is InChI=1S/C27H30ClN5O4S2/c1-27(12-5-13-30-27)26(34)29-15-18-6-3-7-19(14-18)16-33-21-9-4-8-20(17-37-2)24(21)25(31-33)32-39(35,36)23-11-10-22(28)38-23/h3-4,6-11,14,30H,5,12-13,15-17H2,1-2H3,(H,29,34)(H,31,32). The summed E-state index contributed by atoms with van der Waals surface area (Å²) >= 11 is 6.96. The molecule has 3 N–H and O–H groups in total. The van der Waals surface area contributed by atoms with Crippen molar-refractivity contribution in [3.63, 3.8) is 0 Å². The molecule has 1 saturated heterocycles. The highest BCUT2D eigenvalue weighted by atomic mass is 35.5. The van der Waals surface area contributed by atoms with Gasteiger partial charge < -0.3 is 15.4 Å². The number of carbonyl (C=O) groups excluding carboxylic acids is 1. The number of carbonyl (C=O) groups is 1. The number of thiophene rings is 1. The Bertz CT molecular complexity index is 1610. The van der Waals surface area contributed by atoms with Crippen LogP contribution in [0.2, 0.25) is 4.34 Å². The Morgan fingerprint density at radius 3 is 2.72 bits per heavy atom. The van der Waals surface area contributed by atoms with E-state index in [1.165, 1.54) is 6.07 Å². The zero-order chi connectivity index (χ0) is 27.6. The lowest BCUT2D eigenvalue weighted by molar-refractivity contribution is -0.126. The van der Waals surface area contributed by atoms with Gasteiger partial charge in [0.05, 0.1) is 33.9 Å². The fourth-order valence-electron chi connectivity index (χ4n) is 4.86. The van der Waals surface area contributed by atoms with Crippen molar-refractivity contribution < 1.29 is 17.9 Å². The van der Waals surface area contributed by atoms with Gasteiger partial charge in [0.1, 0.15) is 4.21 Å². The smallest absolute Gasteiger partial charge is 0.272 e. The number of aromatic nitrogens is 2. The van der Waals surface area contributed by atoms with Gasteiger partial charge in [0, 0.05) is 13.7 Å². The number of amides is 1. The van der Waals surface area contributed by atoms with Gasteiger partial charge in [-0.25, -0.2) is 8.42 Å². The number of fused-ring (bicyclic) bond motifs is 1. The molecular formula is C27H30ClN5O4S2. The molecule has 3 heterocycles. The highest BCUT2D eigenvalue weighted by Gasteiger charge is 2.35. The molecule has 4 aromatic rings. The average Bonchev–Trinajstić information content (AvgIpc) is 3.63. The second kappa shape index (κ2) is 11.3. The molecule has 0 saturated carbocycles. The Hall–Kier alpha value is -2.96. The molecule has 2 aromatic carbocycles. The summed E-state index contributed by atoms with van der Waals surface area (Å²) in [6.07, 6.45) is 1.81. The Labute approximate surface area is 236 Å². The largest absolute Gasteiger partial charge is 0.380 e. The lowest BCUT2D eigenvalue weighted by Gasteiger charge is -2.23. The minimum absolute atomic E-state index is 0.00176. The van der Waals surface area contributed by atoms with E-state index < -0.39 is 15.6 Å². The molecule has 1 aliphatic heterocycles. The molecule has 0 bridgehead atoms. The zero-order valence-electron chi connectivity index (χ0n) is 21.7. The first-order valence-corrected chi connectivity index (χ1v) is 15.2. The molecule has 2 aromatic heterocycles. The fourth-order valence-corrected chi connectivity index (χ4v) is 7.36. The summed E-state index contributed by atoms with van der Waals surface area (Å²) in [6, 6.07) is 16.6. The molecule has 1 amide bonds. The molecule has 1 atom stereocenters. The number of methoxy groups -OCH3 is 1. The molecule has 1 unspecified atom stereocenters.